The Balaban J connectivity index is 2.25. The van der Waals surface area contributed by atoms with Crippen molar-refractivity contribution in [1.29, 1.82) is 0 Å². The SMILES string of the molecule is CO[C@@H](C(=O)NC(C(=O)O)c1ccc(C)c(C)c1)c1ccccc1. The summed E-state index contributed by atoms with van der Waals surface area (Å²) in [5.74, 6) is -1.61. The van der Waals surface area contributed by atoms with E-state index in [0.29, 0.717) is 11.1 Å². The topological polar surface area (TPSA) is 75.6 Å². The van der Waals surface area contributed by atoms with Gasteiger partial charge in [0, 0.05) is 7.11 Å². The van der Waals surface area contributed by atoms with E-state index in [1.54, 1.807) is 36.4 Å². The van der Waals surface area contributed by atoms with E-state index in [4.69, 9.17) is 4.74 Å². The van der Waals surface area contributed by atoms with Gasteiger partial charge >= 0.3 is 5.97 Å². The number of nitrogens with one attached hydrogen (secondary N) is 1. The molecule has 2 aromatic rings. The molecule has 0 radical (unpaired) electrons. The summed E-state index contributed by atoms with van der Waals surface area (Å²) in [5.41, 5.74) is 3.23. The fraction of sp³-hybridized carbons (Fsp3) is 0.263. The summed E-state index contributed by atoms with van der Waals surface area (Å²) in [6, 6.07) is 13.2. The molecule has 2 aromatic carbocycles. The largest absolute Gasteiger partial charge is 0.479 e. The zero-order valence-corrected chi connectivity index (χ0v) is 13.9. The minimum atomic E-state index is -1.13. The molecule has 2 rings (SSSR count). The predicted molar refractivity (Wildman–Crippen MR) is 90.6 cm³/mol. The first-order valence-electron chi connectivity index (χ1n) is 7.62. The lowest BCUT2D eigenvalue weighted by Crippen LogP contribution is -2.37. The van der Waals surface area contributed by atoms with E-state index < -0.39 is 24.0 Å². The van der Waals surface area contributed by atoms with E-state index in [1.165, 1.54) is 7.11 Å². The molecule has 0 spiro atoms. The molecule has 2 N–H and O–H groups in total. The third kappa shape index (κ3) is 4.00. The quantitative estimate of drug-likeness (QED) is 0.855. The minimum Gasteiger partial charge on any atom is -0.479 e. The van der Waals surface area contributed by atoms with Crippen LogP contribution in [0.1, 0.15) is 34.4 Å². The van der Waals surface area contributed by atoms with Gasteiger partial charge in [0.25, 0.3) is 5.91 Å². The summed E-state index contributed by atoms with van der Waals surface area (Å²) in [4.78, 5) is 24.1. The molecule has 0 saturated heterocycles. The molecule has 0 aliphatic heterocycles. The first-order valence-corrected chi connectivity index (χ1v) is 7.62. The number of benzene rings is 2. The third-order valence-electron chi connectivity index (χ3n) is 3.97. The van der Waals surface area contributed by atoms with E-state index in [2.05, 4.69) is 5.32 Å². The van der Waals surface area contributed by atoms with E-state index in [9.17, 15) is 14.7 Å². The number of carboxylic acids is 1. The van der Waals surface area contributed by atoms with Crippen LogP contribution in [-0.4, -0.2) is 24.1 Å². The maximum Gasteiger partial charge on any atom is 0.330 e. The smallest absolute Gasteiger partial charge is 0.330 e. The number of hydrogen-bond donors (Lipinski definition) is 2. The monoisotopic (exact) mass is 327 g/mol. The highest BCUT2D eigenvalue weighted by Gasteiger charge is 2.27. The molecule has 0 aliphatic rings. The first-order chi connectivity index (χ1) is 11.4. The van der Waals surface area contributed by atoms with Gasteiger partial charge < -0.3 is 15.2 Å². The van der Waals surface area contributed by atoms with E-state index >= 15 is 0 Å². The summed E-state index contributed by atoms with van der Waals surface area (Å²) in [7, 11) is 1.42. The second kappa shape index (κ2) is 7.75. The van der Waals surface area contributed by atoms with Crippen molar-refractivity contribution in [3.63, 3.8) is 0 Å². The normalized spacial score (nSPS) is 13.1. The number of aryl methyl sites for hydroxylation is 2. The summed E-state index contributed by atoms with van der Waals surface area (Å²) < 4.78 is 5.25. The second-order valence-corrected chi connectivity index (χ2v) is 5.65. The van der Waals surface area contributed by atoms with Gasteiger partial charge in [-0.05, 0) is 36.1 Å². The zero-order valence-electron chi connectivity index (χ0n) is 13.9. The van der Waals surface area contributed by atoms with Crippen LogP contribution in [0.3, 0.4) is 0 Å². The van der Waals surface area contributed by atoms with Crippen LogP contribution in [0.2, 0.25) is 0 Å². The third-order valence-corrected chi connectivity index (χ3v) is 3.97. The van der Waals surface area contributed by atoms with E-state index in [1.807, 2.05) is 26.0 Å². The van der Waals surface area contributed by atoms with Gasteiger partial charge in [0.15, 0.2) is 12.1 Å². The lowest BCUT2D eigenvalue weighted by atomic mass is 10.0. The molecule has 2 atom stereocenters. The molecule has 0 aliphatic carbocycles. The van der Waals surface area contributed by atoms with Crippen LogP contribution in [0.5, 0.6) is 0 Å². The number of hydrogen-bond acceptors (Lipinski definition) is 3. The van der Waals surface area contributed by atoms with Crippen LogP contribution in [0.15, 0.2) is 48.5 Å². The van der Waals surface area contributed by atoms with Gasteiger partial charge in [-0.15, -0.1) is 0 Å². The van der Waals surface area contributed by atoms with Crippen molar-refractivity contribution >= 4 is 11.9 Å². The standard InChI is InChI=1S/C19H21NO4/c1-12-9-10-15(11-13(12)2)16(19(22)23)20-18(21)17(24-3)14-7-5-4-6-8-14/h4-11,16-17H,1-3H3,(H,20,21)(H,22,23)/t16?,17-/m1/s1. The van der Waals surface area contributed by atoms with Crippen molar-refractivity contribution in [3.8, 4) is 0 Å². The maximum absolute atomic E-state index is 12.5. The van der Waals surface area contributed by atoms with Gasteiger partial charge in [-0.1, -0.05) is 48.5 Å². The number of ether oxygens (including phenoxy) is 1. The summed E-state index contributed by atoms with van der Waals surface area (Å²) in [6.07, 6.45) is -0.861. The van der Waals surface area contributed by atoms with Crippen molar-refractivity contribution in [2.24, 2.45) is 0 Å². The van der Waals surface area contributed by atoms with Crippen LogP contribution in [0.25, 0.3) is 0 Å². The van der Waals surface area contributed by atoms with Crippen LogP contribution in [-0.2, 0) is 14.3 Å². The van der Waals surface area contributed by atoms with Gasteiger partial charge in [-0.3, -0.25) is 4.79 Å². The number of amides is 1. The highest BCUT2D eigenvalue weighted by Crippen LogP contribution is 2.21. The van der Waals surface area contributed by atoms with Gasteiger partial charge in [0.2, 0.25) is 0 Å². The summed E-state index contributed by atoms with van der Waals surface area (Å²) in [5, 5.41) is 12.1. The van der Waals surface area contributed by atoms with Crippen molar-refractivity contribution in [1.82, 2.24) is 5.32 Å². The molecule has 0 bridgehead atoms. The van der Waals surface area contributed by atoms with Gasteiger partial charge in [0.1, 0.15) is 0 Å². The molecule has 5 heteroatoms. The number of rotatable bonds is 6. The molecule has 0 saturated carbocycles. The average molecular weight is 327 g/mol. The van der Waals surface area contributed by atoms with E-state index in [-0.39, 0.29) is 0 Å². The first kappa shape index (κ1) is 17.7. The Morgan fingerprint density at radius 3 is 2.21 bits per heavy atom. The predicted octanol–water partition coefficient (Wildman–Crippen LogP) is 2.93. The molecule has 5 nitrogen and oxygen atoms in total. The summed E-state index contributed by atoms with van der Waals surface area (Å²) in [6.45, 7) is 3.85. The Morgan fingerprint density at radius 1 is 1.00 bits per heavy atom. The van der Waals surface area contributed by atoms with Crippen LogP contribution in [0.4, 0.5) is 0 Å². The Labute approximate surface area is 141 Å². The van der Waals surface area contributed by atoms with Gasteiger partial charge in [-0.2, -0.15) is 0 Å². The molecule has 126 valence electrons. The van der Waals surface area contributed by atoms with Crippen molar-refractivity contribution in [2.75, 3.05) is 7.11 Å². The highest BCUT2D eigenvalue weighted by atomic mass is 16.5. The molecular weight excluding hydrogens is 306 g/mol. The van der Waals surface area contributed by atoms with Crippen molar-refractivity contribution in [2.45, 2.75) is 26.0 Å². The summed E-state index contributed by atoms with van der Waals surface area (Å²) >= 11 is 0. The molecule has 24 heavy (non-hydrogen) atoms. The number of aliphatic carboxylic acids is 1. The Bertz CT molecular complexity index is 727. The zero-order chi connectivity index (χ0) is 17.7. The minimum absolute atomic E-state index is 0.491. The Hall–Kier alpha value is -2.66. The molecule has 0 heterocycles. The number of carboxylic acid groups (broad SMARTS) is 1. The van der Waals surface area contributed by atoms with Crippen LogP contribution >= 0.6 is 0 Å². The number of carbonyl (C=O) groups excluding carboxylic acids is 1. The molecule has 0 aromatic heterocycles. The number of carbonyl (C=O) groups is 2. The maximum atomic E-state index is 12.5. The average Bonchev–Trinajstić information content (AvgIpc) is 2.57. The van der Waals surface area contributed by atoms with E-state index in [0.717, 1.165) is 11.1 Å². The van der Waals surface area contributed by atoms with Gasteiger partial charge in [-0.25, -0.2) is 4.79 Å². The lowest BCUT2D eigenvalue weighted by Gasteiger charge is -2.20. The molecule has 0 fully saturated rings. The highest BCUT2D eigenvalue weighted by molar-refractivity contribution is 5.87. The Kier molecular flexibility index (Phi) is 5.71. The van der Waals surface area contributed by atoms with Crippen LogP contribution < -0.4 is 5.32 Å². The second-order valence-electron chi connectivity index (χ2n) is 5.65. The van der Waals surface area contributed by atoms with Crippen molar-refractivity contribution < 1.29 is 19.4 Å². The molecule has 1 unspecified atom stereocenters. The van der Waals surface area contributed by atoms with Gasteiger partial charge in [0.05, 0.1) is 0 Å². The fourth-order valence-electron chi connectivity index (χ4n) is 2.47. The fourth-order valence-corrected chi connectivity index (χ4v) is 2.47. The molecule has 1 amide bonds. The van der Waals surface area contributed by atoms with Crippen molar-refractivity contribution in [3.05, 3.63) is 70.8 Å². The lowest BCUT2D eigenvalue weighted by molar-refractivity contribution is -0.144. The molecular formula is C19H21NO4. The Morgan fingerprint density at radius 2 is 1.67 bits per heavy atom. The number of methoxy groups -OCH3 is 1. The van der Waals surface area contributed by atoms with Crippen LogP contribution in [0, 0.1) is 13.8 Å².